The van der Waals surface area contributed by atoms with Gasteiger partial charge in [-0.2, -0.15) is 0 Å². The van der Waals surface area contributed by atoms with Crippen molar-refractivity contribution in [2.45, 2.75) is 26.3 Å². The Balaban J connectivity index is 1.52. The second-order valence-electron chi connectivity index (χ2n) is 6.38. The largest absolute Gasteiger partial charge is 0.491 e. The number of rotatable bonds is 5. The second-order valence-corrected chi connectivity index (χ2v) is 7.36. The summed E-state index contributed by atoms with van der Waals surface area (Å²) in [6.07, 6.45) is 9.15. The molecule has 0 bridgehead atoms. The molecule has 2 aromatic heterocycles. The topological polar surface area (TPSA) is 44.1 Å². The van der Waals surface area contributed by atoms with Crippen molar-refractivity contribution in [3.05, 3.63) is 75.5 Å². The summed E-state index contributed by atoms with van der Waals surface area (Å²) < 4.78 is 7.94. The molecule has 1 aromatic carbocycles. The molecule has 4 nitrogen and oxygen atoms in total. The van der Waals surface area contributed by atoms with Crippen molar-refractivity contribution < 1.29 is 9.53 Å². The predicted molar refractivity (Wildman–Crippen MR) is 104 cm³/mol. The smallest absolute Gasteiger partial charge is 0.189 e. The Morgan fingerprint density at radius 3 is 3.00 bits per heavy atom. The third-order valence-electron chi connectivity index (χ3n) is 4.76. The average Bonchev–Trinajstić information content (AvgIpc) is 3.33. The molecule has 0 N–H and O–H groups in total. The maximum absolute atomic E-state index is 12.9. The van der Waals surface area contributed by atoms with Crippen molar-refractivity contribution in [1.29, 1.82) is 0 Å². The summed E-state index contributed by atoms with van der Waals surface area (Å²) in [5.41, 5.74) is 3.92. The lowest BCUT2D eigenvalue weighted by Gasteiger charge is -2.21. The third kappa shape index (κ3) is 3.35. The number of hydrogen-bond acceptors (Lipinski definition) is 4. The van der Waals surface area contributed by atoms with Crippen molar-refractivity contribution in [3.8, 4) is 5.75 Å². The number of imidazole rings is 1. The van der Waals surface area contributed by atoms with Gasteiger partial charge in [0.05, 0.1) is 12.9 Å². The second kappa shape index (κ2) is 7.30. The molecule has 0 fully saturated rings. The van der Waals surface area contributed by atoms with Crippen LogP contribution in [0.1, 0.15) is 32.8 Å². The maximum Gasteiger partial charge on any atom is 0.189 e. The fourth-order valence-corrected chi connectivity index (χ4v) is 4.02. The molecule has 0 radical (unpaired) electrons. The van der Waals surface area contributed by atoms with Crippen LogP contribution in [0.4, 0.5) is 0 Å². The highest BCUT2D eigenvalue weighted by Crippen LogP contribution is 2.33. The van der Waals surface area contributed by atoms with E-state index in [-0.39, 0.29) is 5.78 Å². The first-order valence-corrected chi connectivity index (χ1v) is 9.60. The number of hydrogen-bond donors (Lipinski definition) is 0. The van der Waals surface area contributed by atoms with Gasteiger partial charge in [0.2, 0.25) is 0 Å². The number of fused-ring (bicyclic) bond motifs is 1. The first-order chi connectivity index (χ1) is 12.7. The van der Waals surface area contributed by atoms with Gasteiger partial charge in [0.15, 0.2) is 5.78 Å². The Morgan fingerprint density at radius 1 is 1.31 bits per heavy atom. The van der Waals surface area contributed by atoms with Crippen LogP contribution in [0.5, 0.6) is 5.75 Å². The van der Waals surface area contributed by atoms with Crippen LogP contribution < -0.4 is 4.74 Å². The fourth-order valence-electron chi connectivity index (χ4n) is 3.34. The van der Waals surface area contributed by atoms with Crippen LogP contribution in [0, 0.1) is 6.92 Å². The summed E-state index contributed by atoms with van der Waals surface area (Å²) in [5.74, 6) is 1.01. The lowest BCUT2D eigenvalue weighted by Crippen LogP contribution is -2.16. The highest BCUT2D eigenvalue weighted by atomic mass is 32.1. The lowest BCUT2D eigenvalue weighted by molar-refractivity contribution is 0.102. The van der Waals surface area contributed by atoms with Crippen molar-refractivity contribution in [3.63, 3.8) is 0 Å². The number of aromatic nitrogens is 2. The Kier molecular flexibility index (Phi) is 4.71. The van der Waals surface area contributed by atoms with E-state index < -0.39 is 0 Å². The van der Waals surface area contributed by atoms with Gasteiger partial charge in [0.25, 0.3) is 0 Å². The van der Waals surface area contributed by atoms with Gasteiger partial charge in [-0.05, 0) is 60.5 Å². The minimum atomic E-state index is 0.146. The highest BCUT2D eigenvalue weighted by Gasteiger charge is 2.24. The number of benzene rings is 1. The Bertz CT molecular complexity index is 941. The van der Waals surface area contributed by atoms with E-state index in [1.165, 1.54) is 0 Å². The standard InChI is InChI=1S/C21H20N2O2S/c1-15-18-5-4-16(13-17-3-2-12-26-17)21(24)19(18)6-7-20(15)25-11-10-23-9-8-22-14-23/h2-3,6-9,12-14H,4-5,10-11H2,1H3/b16-13+. The van der Waals surface area contributed by atoms with Gasteiger partial charge in [-0.15, -0.1) is 11.3 Å². The molecule has 0 saturated heterocycles. The molecule has 26 heavy (non-hydrogen) atoms. The first kappa shape index (κ1) is 16.8. The van der Waals surface area contributed by atoms with Crippen LogP contribution in [0.15, 0.2) is 53.9 Å². The molecule has 4 rings (SSSR count). The molecule has 0 unspecified atom stereocenters. The van der Waals surface area contributed by atoms with Gasteiger partial charge in [0, 0.05) is 28.4 Å². The molecular formula is C21H20N2O2S. The summed E-state index contributed by atoms with van der Waals surface area (Å²) >= 11 is 1.66. The van der Waals surface area contributed by atoms with E-state index in [1.54, 1.807) is 23.9 Å². The summed E-state index contributed by atoms with van der Waals surface area (Å²) in [6, 6.07) is 7.89. The van der Waals surface area contributed by atoms with E-state index in [2.05, 4.69) is 4.98 Å². The summed E-state index contributed by atoms with van der Waals surface area (Å²) in [6.45, 7) is 3.38. The van der Waals surface area contributed by atoms with Gasteiger partial charge < -0.3 is 9.30 Å². The number of ether oxygens (including phenoxy) is 1. The number of allylic oxidation sites excluding steroid dienone is 1. The van der Waals surface area contributed by atoms with E-state index in [0.29, 0.717) is 6.61 Å². The van der Waals surface area contributed by atoms with E-state index >= 15 is 0 Å². The van der Waals surface area contributed by atoms with Crippen molar-refractivity contribution in [2.75, 3.05) is 6.61 Å². The molecule has 2 heterocycles. The van der Waals surface area contributed by atoms with Gasteiger partial charge >= 0.3 is 0 Å². The first-order valence-electron chi connectivity index (χ1n) is 8.72. The molecule has 0 spiro atoms. The molecule has 0 aliphatic heterocycles. The van der Waals surface area contributed by atoms with Crippen molar-refractivity contribution in [2.24, 2.45) is 0 Å². The zero-order valence-corrected chi connectivity index (χ0v) is 15.5. The molecule has 3 aromatic rings. The van der Waals surface area contributed by atoms with Crippen LogP contribution in [-0.2, 0) is 13.0 Å². The number of thiophene rings is 1. The summed E-state index contributed by atoms with van der Waals surface area (Å²) in [4.78, 5) is 18.0. The van der Waals surface area contributed by atoms with Gasteiger partial charge in [-0.25, -0.2) is 4.98 Å². The molecular weight excluding hydrogens is 344 g/mol. The van der Waals surface area contributed by atoms with Crippen LogP contribution in [-0.4, -0.2) is 21.9 Å². The predicted octanol–water partition coefficient (Wildman–Crippen LogP) is 4.54. The van der Waals surface area contributed by atoms with E-state index in [9.17, 15) is 4.79 Å². The Labute approximate surface area is 156 Å². The maximum atomic E-state index is 12.9. The van der Waals surface area contributed by atoms with E-state index in [1.807, 2.05) is 53.4 Å². The number of carbonyl (C=O) groups excluding carboxylic acids is 1. The number of nitrogens with zero attached hydrogens (tertiary/aromatic N) is 2. The number of Topliss-reactive ketones (excluding diaryl/α,β-unsaturated/α-hetero) is 1. The minimum Gasteiger partial charge on any atom is -0.491 e. The van der Waals surface area contributed by atoms with Crippen LogP contribution in [0.2, 0.25) is 0 Å². The number of ketones is 1. The monoisotopic (exact) mass is 364 g/mol. The van der Waals surface area contributed by atoms with Crippen LogP contribution in [0.3, 0.4) is 0 Å². The van der Waals surface area contributed by atoms with Crippen molar-refractivity contribution >= 4 is 23.2 Å². The molecule has 0 saturated carbocycles. The quantitative estimate of drug-likeness (QED) is 0.624. The highest BCUT2D eigenvalue weighted by molar-refractivity contribution is 7.10. The normalized spacial score (nSPS) is 15.3. The van der Waals surface area contributed by atoms with Crippen molar-refractivity contribution in [1.82, 2.24) is 9.55 Å². The zero-order valence-electron chi connectivity index (χ0n) is 14.6. The van der Waals surface area contributed by atoms with Gasteiger partial charge in [-0.1, -0.05) is 6.07 Å². The SMILES string of the molecule is Cc1c(OCCn2ccnc2)ccc2c1CC/C(=C\c1cccs1)C2=O. The van der Waals surface area contributed by atoms with Crippen LogP contribution in [0.25, 0.3) is 6.08 Å². The molecule has 0 amide bonds. The molecule has 0 atom stereocenters. The average molecular weight is 364 g/mol. The molecule has 132 valence electrons. The van der Waals surface area contributed by atoms with Crippen LogP contribution >= 0.6 is 11.3 Å². The fraction of sp³-hybridized carbons (Fsp3) is 0.238. The molecule has 5 heteroatoms. The Morgan fingerprint density at radius 2 is 2.23 bits per heavy atom. The third-order valence-corrected chi connectivity index (χ3v) is 5.57. The lowest BCUT2D eigenvalue weighted by atomic mass is 9.84. The molecule has 1 aliphatic carbocycles. The zero-order chi connectivity index (χ0) is 17.9. The van der Waals surface area contributed by atoms with E-state index in [4.69, 9.17) is 4.74 Å². The Hall–Kier alpha value is -2.66. The van der Waals surface area contributed by atoms with Gasteiger partial charge in [-0.3, -0.25) is 4.79 Å². The summed E-state index contributed by atoms with van der Waals surface area (Å²) in [5, 5.41) is 2.03. The summed E-state index contributed by atoms with van der Waals surface area (Å²) in [7, 11) is 0. The van der Waals surface area contributed by atoms with E-state index in [0.717, 1.165) is 52.3 Å². The molecule has 1 aliphatic rings. The number of carbonyl (C=O) groups is 1. The van der Waals surface area contributed by atoms with Gasteiger partial charge in [0.1, 0.15) is 12.4 Å². The minimum absolute atomic E-state index is 0.146.